The summed E-state index contributed by atoms with van der Waals surface area (Å²) in [5, 5.41) is 6.76. The molecule has 0 amide bonds. The molecule has 92 valence electrons. The van der Waals surface area contributed by atoms with Crippen LogP contribution in [0.5, 0.6) is 0 Å². The maximum atomic E-state index is 3.85. The van der Waals surface area contributed by atoms with Gasteiger partial charge in [-0.2, -0.15) is 0 Å². The van der Waals surface area contributed by atoms with Crippen molar-refractivity contribution in [2.45, 2.75) is 40.7 Å². The standard InChI is InChI=1S/C14H26N2/c1-8-9-12(4)16-13(5)14(6,7)10-15-11(2)3/h8-9,13,15-16H,1-2,10H2,3-7H3/b12-9+. The van der Waals surface area contributed by atoms with Crippen LogP contribution in [-0.2, 0) is 0 Å². The van der Waals surface area contributed by atoms with Crippen LogP contribution in [0.25, 0.3) is 0 Å². The van der Waals surface area contributed by atoms with Crippen LogP contribution in [0.3, 0.4) is 0 Å². The van der Waals surface area contributed by atoms with Gasteiger partial charge in [-0.3, -0.25) is 0 Å². The minimum absolute atomic E-state index is 0.162. The van der Waals surface area contributed by atoms with Gasteiger partial charge in [-0.25, -0.2) is 0 Å². The first kappa shape index (κ1) is 14.8. The molecular weight excluding hydrogens is 196 g/mol. The zero-order valence-corrected chi connectivity index (χ0v) is 11.4. The molecule has 0 heterocycles. The first-order valence-corrected chi connectivity index (χ1v) is 5.75. The van der Waals surface area contributed by atoms with Gasteiger partial charge in [0.05, 0.1) is 0 Å². The van der Waals surface area contributed by atoms with Gasteiger partial charge in [-0.15, -0.1) is 0 Å². The Morgan fingerprint density at radius 3 is 2.38 bits per heavy atom. The third-order valence-electron chi connectivity index (χ3n) is 2.83. The van der Waals surface area contributed by atoms with Crippen molar-refractivity contribution in [3.05, 3.63) is 36.7 Å². The molecule has 0 aliphatic carbocycles. The summed E-state index contributed by atoms with van der Waals surface area (Å²) >= 11 is 0. The normalized spacial score (nSPS) is 14.2. The fourth-order valence-electron chi connectivity index (χ4n) is 1.29. The molecule has 0 aliphatic rings. The summed E-state index contributed by atoms with van der Waals surface area (Å²) in [7, 11) is 0. The Labute approximate surface area is 101 Å². The Balaban J connectivity index is 4.33. The van der Waals surface area contributed by atoms with Crippen molar-refractivity contribution < 1.29 is 0 Å². The van der Waals surface area contributed by atoms with Crippen molar-refractivity contribution in [2.75, 3.05) is 6.54 Å². The number of allylic oxidation sites excluding steroid dienone is 4. The Bertz CT molecular complexity index is 274. The SMILES string of the molecule is C=C/C=C(\C)NC(C)C(C)(C)CNC(=C)C. The van der Waals surface area contributed by atoms with E-state index < -0.39 is 0 Å². The van der Waals surface area contributed by atoms with Gasteiger partial charge in [0.2, 0.25) is 0 Å². The average Bonchev–Trinajstić information content (AvgIpc) is 2.15. The second-order valence-corrected chi connectivity index (χ2v) is 5.07. The minimum atomic E-state index is 0.162. The van der Waals surface area contributed by atoms with E-state index >= 15 is 0 Å². The van der Waals surface area contributed by atoms with Gasteiger partial charge in [-0.05, 0) is 26.8 Å². The topological polar surface area (TPSA) is 24.1 Å². The van der Waals surface area contributed by atoms with Crippen molar-refractivity contribution in [3.8, 4) is 0 Å². The van der Waals surface area contributed by atoms with E-state index in [9.17, 15) is 0 Å². The van der Waals surface area contributed by atoms with E-state index in [1.807, 2.05) is 13.0 Å². The monoisotopic (exact) mass is 222 g/mol. The van der Waals surface area contributed by atoms with E-state index in [-0.39, 0.29) is 5.41 Å². The average molecular weight is 222 g/mol. The molecule has 0 aliphatic heterocycles. The lowest BCUT2D eigenvalue weighted by Crippen LogP contribution is -2.44. The third-order valence-corrected chi connectivity index (χ3v) is 2.83. The van der Waals surface area contributed by atoms with Crippen molar-refractivity contribution >= 4 is 0 Å². The van der Waals surface area contributed by atoms with E-state index in [0.717, 1.165) is 17.9 Å². The van der Waals surface area contributed by atoms with Gasteiger partial charge in [-0.1, -0.05) is 33.1 Å². The number of nitrogens with one attached hydrogen (secondary N) is 2. The maximum absolute atomic E-state index is 3.85. The van der Waals surface area contributed by atoms with Gasteiger partial charge in [0.25, 0.3) is 0 Å². The van der Waals surface area contributed by atoms with Gasteiger partial charge >= 0.3 is 0 Å². The molecule has 0 fully saturated rings. The predicted octanol–water partition coefficient (Wildman–Crippen LogP) is 3.20. The predicted molar refractivity (Wildman–Crippen MR) is 73.1 cm³/mol. The lowest BCUT2D eigenvalue weighted by molar-refractivity contribution is 0.265. The molecule has 0 saturated carbocycles. The van der Waals surface area contributed by atoms with Gasteiger partial charge in [0.1, 0.15) is 0 Å². The number of hydrogen-bond donors (Lipinski definition) is 2. The fourth-order valence-corrected chi connectivity index (χ4v) is 1.29. The minimum Gasteiger partial charge on any atom is -0.388 e. The van der Waals surface area contributed by atoms with Gasteiger partial charge in [0, 0.05) is 29.4 Å². The second kappa shape index (κ2) is 6.41. The Morgan fingerprint density at radius 1 is 1.38 bits per heavy atom. The molecule has 0 spiro atoms. The molecule has 0 bridgehead atoms. The largest absolute Gasteiger partial charge is 0.388 e. The van der Waals surface area contributed by atoms with Crippen LogP contribution >= 0.6 is 0 Å². The molecule has 0 aromatic rings. The van der Waals surface area contributed by atoms with Crippen molar-refractivity contribution in [1.29, 1.82) is 0 Å². The first-order chi connectivity index (χ1) is 7.29. The van der Waals surface area contributed by atoms with E-state index in [0.29, 0.717) is 6.04 Å². The molecule has 1 atom stereocenters. The maximum Gasteiger partial charge on any atom is 0.0297 e. The summed E-state index contributed by atoms with van der Waals surface area (Å²) in [5.74, 6) is 0. The molecule has 16 heavy (non-hydrogen) atoms. The van der Waals surface area contributed by atoms with Crippen LogP contribution in [0.4, 0.5) is 0 Å². The van der Waals surface area contributed by atoms with Crippen LogP contribution in [0.15, 0.2) is 36.7 Å². The van der Waals surface area contributed by atoms with Crippen molar-refractivity contribution in [2.24, 2.45) is 5.41 Å². The lowest BCUT2D eigenvalue weighted by Gasteiger charge is -2.34. The molecule has 0 rings (SSSR count). The van der Waals surface area contributed by atoms with E-state index in [4.69, 9.17) is 0 Å². The highest BCUT2D eigenvalue weighted by molar-refractivity contribution is 5.07. The third kappa shape index (κ3) is 5.64. The van der Waals surface area contributed by atoms with E-state index in [1.165, 1.54) is 0 Å². The molecule has 0 aromatic heterocycles. The highest BCUT2D eigenvalue weighted by atomic mass is 15.0. The van der Waals surface area contributed by atoms with E-state index in [1.54, 1.807) is 6.08 Å². The van der Waals surface area contributed by atoms with Crippen LogP contribution in [0, 0.1) is 5.41 Å². The lowest BCUT2D eigenvalue weighted by atomic mass is 9.85. The smallest absolute Gasteiger partial charge is 0.0297 e. The van der Waals surface area contributed by atoms with E-state index in [2.05, 4.69) is 51.5 Å². The van der Waals surface area contributed by atoms with Gasteiger partial charge < -0.3 is 10.6 Å². The van der Waals surface area contributed by atoms with Gasteiger partial charge in [0.15, 0.2) is 0 Å². The van der Waals surface area contributed by atoms with Crippen molar-refractivity contribution in [3.63, 3.8) is 0 Å². The molecule has 0 saturated heterocycles. The summed E-state index contributed by atoms with van der Waals surface area (Å²) in [5.41, 5.74) is 2.32. The molecule has 1 unspecified atom stereocenters. The quantitative estimate of drug-likeness (QED) is 0.646. The van der Waals surface area contributed by atoms with Crippen LogP contribution < -0.4 is 10.6 Å². The first-order valence-electron chi connectivity index (χ1n) is 5.75. The molecular formula is C14H26N2. The van der Waals surface area contributed by atoms with Crippen LogP contribution in [0.1, 0.15) is 34.6 Å². The number of rotatable bonds is 7. The molecule has 0 radical (unpaired) electrons. The van der Waals surface area contributed by atoms with Crippen molar-refractivity contribution in [1.82, 2.24) is 10.6 Å². The highest BCUT2D eigenvalue weighted by Gasteiger charge is 2.25. The summed E-state index contributed by atoms with van der Waals surface area (Å²) in [6, 6.07) is 0.385. The Morgan fingerprint density at radius 2 is 1.94 bits per heavy atom. The summed E-state index contributed by atoms with van der Waals surface area (Å²) in [6.45, 7) is 19.2. The molecule has 2 heteroatoms. The number of hydrogen-bond acceptors (Lipinski definition) is 2. The molecule has 2 nitrogen and oxygen atoms in total. The molecule has 2 N–H and O–H groups in total. The Kier molecular flexibility index (Phi) is 5.94. The molecule has 0 aromatic carbocycles. The van der Waals surface area contributed by atoms with Crippen LogP contribution in [-0.4, -0.2) is 12.6 Å². The zero-order valence-electron chi connectivity index (χ0n) is 11.4. The van der Waals surface area contributed by atoms with Crippen LogP contribution in [0.2, 0.25) is 0 Å². The fraction of sp³-hybridized carbons (Fsp3) is 0.571. The zero-order chi connectivity index (χ0) is 12.8. The highest BCUT2D eigenvalue weighted by Crippen LogP contribution is 2.20. The second-order valence-electron chi connectivity index (χ2n) is 5.07. The summed E-state index contributed by atoms with van der Waals surface area (Å²) < 4.78 is 0. The summed E-state index contributed by atoms with van der Waals surface area (Å²) in [6.07, 6.45) is 3.78. The Hall–Kier alpha value is -1.18. The summed E-state index contributed by atoms with van der Waals surface area (Å²) in [4.78, 5) is 0.